The maximum atomic E-state index is 12.2. The van der Waals surface area contributed by atoms with Crippen molar-refractivity contribution in [3.05, 3.63) is 65.7 Å². The van der Waals surface area contributed by atoms with E-state index in [1.807, 2.05) is 30.3 Å². The lowest BCUT2D eigenvalue weighted by Crippen LogP contribution is -2.42. The van der Waals surface area contributed by atoms with Gasteiger partial charge in [-0.15, -0.1) is 0 Å². The van der Waals surface area contributed by atoms with Crippen LogP contribution in [-0.2, 0) is 11.4 Å². The Morgan fingerprint density at radius 3 is 2.56 bits per heavy atom. The van der Waals surface area contributed by atoms with Crippen molar-refractivity contribution in [3.8, 4) is 22.6 Å². The van der Waals surface area contributed by atoms with Gasteiger partial charge in [-0.2, -0.15) is 0 Å². The third-order valence-electron chi connectivity index (χ3n) is 4.13. The van der Waals surface area contributed by atoms with Crippen molar-refractivity contribution in [3.63, 3.8) is 0 Å². The summed E-state index contributed by atoms with van der Waals surface area (Å²) in [5.74, 6) is -0.425. The van der Waals surface area contributed by atoms with Crippen LogP contribution in [0.1, 0.15) is 22.8 Å². The Morgan fingerprint density at radius 1 is 1.15 bits per heavy atom. The highest BCUT2D eigenvalue weighted by Crippen LogP contribution is 2.26. The van der Waals surface area contributed by atoms with Gasteiger partial charge in [0.25, 0.3) is 5.91 Å². The number of aromatic nitrogens is 1. The molecule has 3 rings (SSSR count). The minimum Gasteiger partial charge on any atom is -0.392 e. The Balaban J connectivity index is 1.82. The zero-order chi connectivity index (χ0) is 19.4. The number of amides is 2. The van der Waals surface area contributed by atoms with E-state index in [1.54, 1.807) is 24.3 Å². The topological polar surface area (TPSA) is 118 Å². The SMILES string of the molecule is CC(NC(=O)c1cccc(-c2cc(-c3ccc(CO)cc3)on2)c1)C(N)=O. The van der Waals surface area contributed by atoms with Gasteiger partial charge >= 0.3 is 0 Å². The smallest absolute Gasteiger partial charge is 0.251 e. The summed E-state index contributed by atoms with van der Waals surface area (Å²) in [6.07, 6.45) is 0. The van der Waals surface area contributed by atoms with Crippen molar-refractivity contribution < 1.29 is 19.2 Å². The highest BCUT2D eigenvalue weighted by Gasteiger charge is 2.15. The molecule has 2 amide bonds. The van der Waals surface area contributed by atoms with Crippen molar-refractivity contribution in [2.75, 3.05) is 0 Å². The molecule has 2 aromatic carbocycles. The van der Waals surface area contributed by atoms with Gasteiger partial charge < -0.3 is 20.7 Å². The number of aliphatic hydroxyl groups excluding tert-OH is 1. The number of benzene rings is 2. The lowest BCUT2D eigenvalue weighted by atomic mass is 10.1. The van der Waals surface area contributed by atoms with Gasteiger partial charge in [0.15, 0.2) is 5.76 Å². The maximum Gasteiger partial charge on any atom is 0.251 e. The minimum absolute atomic E-state index is 0.0227. The predicted octanol–water partition coefficient (Wildman–Crippen LogP) is 2.10. The molecule has 4 N–H and O–H groups in total. The lowest BCUT2D eigenvalue weighted by Gasteiger charge is -2.10. The standard InChI is InChI=1S/C20H19N3O4/c1-12(19(21)25)22-20(26)16-4-2-3-15(9-16)17-10-18(27-23-17)14-7-5-13(11-24)6-8-14/h2-10,12,24H,11H2,1H3,(H2,21,25)(H,22,26). The first-order valence-electron chi connectivity index (χ1n) is 8.35. The van der Waals surface area contributed by atoms with Crippen molar-refractivity contribution in [1.29, 1.82) is 0 Å². The van der Waals surface area contributed by atoms with Crippen LogP contribution in [0.25, 0.3) is 22.6 Å². The molecule has 1 atom stereocenters. The van der Waals surface area contributed by atoms with Gasteiger partial charge in [-0.05, 0) is 24.6 Å². The van der Waals surface area contributed by atoms with E-state index in [9.17, 15) is 9.59 Å². The van der Waals surface area contributed by atoms with Crippen molar-refractivity contribution >= 4 is 11.8 Å². The van der Waals surface area contributed by atoms with Crippen LogP contribution in [0.3, 0.4) is 0 Å². The molecular formula is C20H19N3O4. The largest absolute Gasteiger partial charge is 0.392 e. The number of carbonyl (C=O) groups excluding carboxylic acids is 2. The summed E-state index contributed by atoms with van der Waals surface area (Å²) in [5, 5.41) is 15.7. The summed E-state index contributed by atoms with van der Waals surface area (Å²) in [7, 11) is 0. The molecule has 1 unspecified atom stereocenters. The molecule has 0 fully saturated rings. The number of primary amides is 1. The third kappa shape index (κ3) is 4.21. The van der Waals surface area contributed by atoms with Crippen LogP contribution in [0.4, 0.5) is 0 Å². The predicted molar refractivity (Wildman–Crippen MR) is 99.4 cm³/mol. The van der Waals surface area contributed by atoms with E-state index in [0.29, 0.717) is 22.6 Å². The lowest BCUT2D eigenvalue weighted by molar-refractivity contribution is -0.119. The summed E-state index contributed by atoms with van der Waals surface area (Å²) in [6.45, 7) is 1.50. The Morgan fingerprint density at radius 2 is 1.89 bits per heavy atom. The normalized spacial score (nSPS) is 11.8. The van der Waals surface area contributed by atoms with E-state index in [1.165, 1.54) is 6.92 Å². The van der Waals surface area contributed by atoms with Gasteiger partial charge in [0.2, 0.25) is 5.91 Å². The second-order valence-electron chi connectivity index (χ2n) is 6.11. The average Bonchev–Trinajstić information content (AvgIpc) is 3.18. The summed E-state index contributed by atoms with van der Waals surface area (Å²) in [4.78, 5) is 23.4. The molecule has 0 spiro atoms. The minimum atomic E-state index is -0.762. The van der Waals surface area contributed by atoms with Crippen molar-refractivity contribution in [2.45, 2.75) is 19.6 Å². The number of hydrogen-bond donors (Lipinski definition) is 3. The number of nitrogens with two attached hydrogens (primary N) is 1. The highest BCUT2D eigenvalue weighted by atomic mass is 16.5. The summed E-state index contributed by atoms with van der Waals surface area (Å²) in [6, 6.07) is 15.1. The Kier molecular flexibility index (Phi) is 5.33. The number of hydrogen-bond acceptors (Lipinski definition) is 5. The monoisotopic (exact) mass is 365 g/mol. The van der Waals surface area contributed by atoms with E-state index in [0.717, 1.165) is 11.1 Å². The van der Waals surface area contributed by atoms with Gasteiger partial charge in [0.05, 0.1) is 6.61 Å². The first-order valence-corrected chi connectivity index (χ1v) is 8.35. The number of nitrogens with one attached hydrogen (secondary N) is 1. The van der Waals surface area contributed by atoms with Crippen LogP contribution in [0.15, 0.2) is 59.1 Å². The van der Waals surface area contributed by atoms with Gasteiger partial charge in [-0.25, -0.2) is 0 Å². The number of carbonyl (C=O) groups is 2. The molecular weight excluding hydrogens is 346 g/mol. The van der Waals surface area contributed by atoms with E-state index in [2.05, 4.69) is 10.5 Å². The number of rotatable bonds is 6. The molecule has 0 aliphatic rings. The molecule has 0 saturated heterocycles. The molecule has 1 aromatic heterocycles. The third-order valence-corrected chi connectivity index (χ3v) is 4.13. The molecule has 1 heterocycles. The second-order valence-corrected chi connectivity index (χ2v) is 6.11. The summed E-state index contributed by atoms with van der Waals surface area (Å²) in [5.41, 5.74) is 8.48. The van der Waals surface area contributed by atoms with Gasteiger partial charge in [-0.3, -0.25) is 9.59 Å². The van der Waals surface area contributed by atoms with Crippen LogP contribution in [0.5, 0.6) is 0 Å². The fraction of sp³-hybridized carbons (Fsp3) is 0.150. The van der Waals surface area contributed by atoms with Crippen LogP contribution in [0.2, 0.25) is 0 Å². The first kappa shape index (κ1) is 18.3. The Labute approximate surface area is 155 Å². The number of aliphatic hydroxyl groups is 1. The second kappa shape index (κ2) is 7.84. The van der Waals surface area contributed by atoms with Crippen molar-refractivity contribution in [1.82, 2.24) is 10.5 Å². The summed E-state index contributed by atoms with van der Waals surface area (Å²) < 4.78 is 5.40. The van der Waals surface area contributed by atoms with E-state index < -0.39 is 17.9 Å². The average molecular weight is 365 g/mol. The van der Waals surface area contributed by atoms with E-state index >= 15 is 0 Å². The molecule has 0 bridgehead atoms. The van der Waals surface area contributed by atoms with Gasteiger partial charge in [0, 0.05) is 22.8 Å². The molecule has 7 heteroatoms. The quantitative estimate of drug-likeness (QED) is 0.618. The number of nitrogens with zero attached hydrogens (tertiary/aromatic N) is 1. The molecule has 0 radical (unpaired) electrons. The Bertz CT molecular complexity index is 963. The maximum absolute atomic E-state index is 12.2. The molecule has 3 aromatic rings. The Hall–Kier alpha value is -3.45. The molecule has 0 aliphatic carbocycles. The first-order chi connectivity index (χ1) is 13.0. The molecule has 27 heavy (non-hydrogen) atoms. The molecule has 0 aliphatic heterocycles. The van der Waals surface area contributed by atoms with Crippen LogP contribution in [0, 0.1) is 0 Å². The van der Waals surface area contributed by atoms with Gasteiger partial charge in [0.1, 0.15) is 11.7 Å². The fourth-order valence-corrected chi connectivity index (χ4v) is 2.49. The van der Waals surface area contributed by atoms with Gasteiger partial charge in [-0.1, -0.05) is 41.6 Å². The van der Waals surface area contributed by atoms with E-state index in [4.69, 9.17) is 15.4 Å². The summed E-state index contributed by atoms with van der Waals surface area (Å²) >= 11 is 0. The highest BCUT2D eigenvalue weighted by molar-refractivity contribution is 5.98. The zero-order valence-corrected chi connectivity index (χ0v) is 14.7. The fourth-order valence-electron chi connectivity index (χ4n) is 2.49. The molecule has 0 saturated carbocycles. The molecule has 138 valence electrons. The van der Waals surface area contributed by atoms with Crippen LogP contribution < -0.4 is 11.1 Å². The van der Waals surface area contributed by atoms with Crippen LogP contribution >= 0.6 is 0 Å². The zero-order valence-electron chi connectivity index (χ0n) is 14.7. The molecule has 7 nitrogen and oxygen atoms in total. The van der Waals surface area contributed by atoms with Crippen LogP contribution in [-0.4, -0.2) is 28.1 Å². The van der Waals surface area contributed by atoms with Crippen molar-refractivity contribution in [2.24, 2.45) is 5.73 Å². The van der Waals surface area contributed by atoms with E-state index in [-0.39, 0.29) is 6.61 Å².